The van der Waals surface area contributed by atoms with Gasteiger partial charge in [0.1, 0.15) is 5.82 Å². The summed E-state index contributed by atoms with van der Waals surface area (Å²) in [5.74, 6) is -0.519. The van der Waals surface area contributed by atoms with Gasteiger partial charge in [-0.05, 0) is 50.4 Å². The van der Waals surface area contributed by atoms with E-state index in [1.54, 1.807) is 0 Å². The van der Waals surface area contributed by atoms with Crippen LogP contribution in [-0.4, -0.2) is 26.8 Å². The maximum atomic E-state index is 13.0. The van der Waals surface area contributed by atoms with Crippen molar-refractivity contribution in [2.24, 2.45) is 0 Å². The lowest BCUT2D eigenvalue weighted by atomic mass is 10.3. The van der Waals surface area contributed by atoms with E-state index in [-0.39, 0.29) is 16.5 Å². The van der Waals surface area contributed by atoms with E-state index in [0.717, 1.165) is 19.0 Å². The number of rotatable bonds is 8. The van der Waals surface area contributed by atoms with Crippen LogP contribution in [0.25, 0.3) is 0 Å². The number of sulfonamides is 1. The molecule has 0 atom stereocenters. The van der Waals surface area contributed by atoms with Crippen molar-refractivity contribution in [1.29, 1.82) is 0 Å². The van der Waals surface area contributed by atoms with Gasteiger partial charge in [0.05, 0.1) is 16.5 Å². The second kappa shape index (κ2) is 6.74. The van der Waals surface area contributed by atoms with Gasteiger partial charge in [0.2, 0.25) is 10.0 Å². The van der Waals surface area contributed by atoms with Gasteiger partial charge in [-0.25, -0.2) is 12.8 Å². The zero-order chi connectivity index (χ0) is 14.6. The summed E-state index contributed by atoms with van der Waals surface area (Å²) in [6, 6.07) is 4.40. The lowest BCUT2D eigenvalue weighted by Crippen LogP contribution is -2.20. The molecule has 0 heterocycles. The molecule has 0 saturated heterocycles. The van der Waals surface area contributed by atoms with Crippen molar-refractivity contribution in [1.82, 2.24) is 5.32 Å². The average molecular weight is 321 g/mol. The standard InChI is InChI=1S/C13H18ClFN2O2S/c14-12-9-11(5-6-13(12)15)17-20(18,19)8-2-1-7-16-10-3-4-10/h5-6,9-10,16-17H,1-4,7-8H2. The van der Waals surface area contributed by atoms with Gasteiger partial charge in [-0.2, -0.15) is 0 Å². The van der Waals surface area contributed by atoms with Gasteiger partial charge in [0.25, 0.3) is 0 Å². The Morgan fingerprint density at radius 3 is 2.70 bits per heavy atom. The molecule has 1 saturated carbocycles. The Kier molecular flexibility index (Phi) is 5.23. The normalized spacial score (nSPS) is 15.3. The molecule has 2 N–H and O–H groups in total. The summed E-state index contributed by atoms with van der Waals surface area (Å²) < 4.78 is 39.0. The van der Waals surface area contributed by atoms with E-state index in [4.69, 9.17) is 11.6 Å². The minimum atomic E-state index is -3.41. The molecule has 0 spiro atoms. The largest absolute Gasteiger partial charge is 0.314 e. The third kappa shape index (κ3) is 5.26. The van der Waals surface area contributed by atoms with E-state index in [1.165, 1.54) is 25.0 Å². The molecule has 1 fully saturated rings. The first-order valence-electron chi connectivity index (χ1n) is 6.65. The Balaban J connectivity index is 1.75. The summed E-state index contributed by atoms with van der Waals surface area (Å²) in [5.41, 5.74) is 0.285. The maximum absolute atomic E-state index is 13.0. The fourth-order valence-corrected chi connectivity index (χ4v) is 3.15. The molecule has 20 heavy (non-hydrogen) atoms. The van der Waals surface area contributed by atoms with Crippen LogP contribution in [-0.2, 0) is 10.0 Å². The molecule has 4 nitrogen and oxygen atoms in total. The van der Waals surface area contributed by atoms with E-state index in [9.17, 15) is 12.8 Å². The molecule has 112 valence electrons. The number of halogens is 2. The maximum Gasteiger partial charge on any atom is 0.232 e. The summed E-state index contributed by atoms with van der Waals surface area (Å²) in [4.78, 5) is 0. The molecule has 1 aromatic carbocycles. The minimum Gasteiger partial charge on any atom is -0.314 e. The van der Waals surface area contributed by atoms with Crippen LogP contribution in [0.1, 0.15) is 25.7 Å². The highest BCUT2D eigenvalue weighted by Gasteiger charge is 2.19. The van der Waals surface area contributed by atoms with Crippen molar-refractivity contribution in [2.45, 2.75) is 31.7 Å². The smallest absolute Gasteiger partial charge is 0.232 e. The molecular formula is C13H18ClFN2O2S. The van der Waals surface area contributed by atoms with Crippen molar-refractivity contribution in [3.8, 4) is 0 Å². The van der Waals surface area contributed by atoms with E-state index >= 15 is 0 Å². The first-order chi connectivity index (χ1) is 9.46. The van der Waals surface area contributed by atoms with E-state index < -0.39 is 15.8 Å². The summed E-state index contributed by atoms with van der Waals surface area (Å²) in [6.07, 6.45) is 3.86. The molecule has 2 rings (SSSR count). The fraction of sp³-hybridized carbons (Fsp3) is 0.538. The zero-order valence-corrected chi connectivity index (χ0v) is 12.6. The van der Waals surface area contributed by atoms with Crippen LogP contribution in [0.2, 0.25) is 5.02 Å². The average Bonchev–Trinajstić information content (AvgIpc) is 3.17. The number of hydrogen-bond acceptors (Lipinski definition) is 3. The van der Waals surface area contributed by atoms with Crippen molar-refractivity contribution in [2.75, 3.05) is 17.0 Å². The molecule has 0 amide bonds. The van der Waals surface area contributed by atoms with Crippen LogP contribution in [0.5, 0.6) is 0 Å². The Hall–Kier alpha value is -0.850. The SMILES string of the molecule is O=S(=O)(CCCCNC1CC1)Nc1ccc(F)c(Cl)c1. The predicted molar refractivity (Wildman–Crippen MR) is 79.1 cm³/mol. The number of anilines is 1. The highest BCUT2D eigenvalue weighted by atomic mass is 35.5. The zero-order valence-electron chi connectivity index (χ0n) is 11.0. The monoisotopic (exact) mass is 320 g/mol. The van der Waals surface area contributed by atoms with Gasteiger partial charge in [0, 0.05) is 6.04 Å². The molecular weight excluding hydrogens is 303 g/mol. The molecule has 7 heteroatoms. The van der Waals surface area contributed by atoms with Gasteiger partial charge in [-0.3, -0.25) is 4.72 Å². The van der Waals surface area contributed by atoms with Crippen molar-refractivity contribution >= 4 is 27.3 Å². The molecule has 1 aliphatic carbocycles. The number of nitrogens with one attached hydrogen (secondary N) is 2. The van der Waals surface area contributed by atoms with Crippen molar-refractivity contribution in [3.63, 3.8) is 0 Å². The van der Waals surface area contributed by atoms with Crippen LogP contribution >= 0.6 is 11.6 Å². The van der Waals surface area contributed by atoms with Crippen LogP contribution in [0.4, 0.5) is 10.1 Å². The molecule has 1 aliphatic rings. The van der Waals surface area contributed by atoms with Crippen LogP contribution < -0.4 is 10.0 Å². The second-order valence-electron chi connectivity index (χ2n) is 4.99. The Morgan fingerprint density at radius 1 is 1.30 bits per heavy atom. The summed E-state index contributed by atoms with van der Waals surface area (Å²) in [5, 5.41) is 3.23. The van der Waals surface area contributed by atoms with Gasteiger partial charge < -0.3 is 5.32 Å². The third-order valence-corrected chi connectivity index (χ3v) is 4.71. The molecule has 0 bridgehead atoms. The van der Waals surface area contributed by atoms with Crippen molar-refractivity contribution < 1.29 is 12.8 Å². The van der Waals surface area contributed by atoms with Gasteiger partial charge in [-0.1, -0.05) is 11.6 Å². The Morgan fingerprint density at radius 2 is 2.05 bits per heavy atom. The highest BCUT2D eigenvalue weighted by molar-refractivity contribution is 7.92. The number of benzene rings is 1. The van der Waals surface area contributed by atoms with Crippen LogP contribution in [0.3, 0.4) is 0 Å². The lowest BCUT2D eigenvalue weighted by molar-refractivity contribution is 0.590. The fourth-order valence-electron chi connectivity index (χ4n) is 1.80. The van der Waals surface area contributed by atoms with Crippen molar-refractivity contribution in [3.05, 3.63) is 29.0 Å². The Labute approximate surface area is 123 Å². The topological polar surface area (TPSA) is 58.2 Å². The van der Waals surface area contributed by atoms with E-state index in [2.05, 4.69) is 10.0 Å². The van der Waals surface area contributed by atoms with Gasteiger partial charge in [0.15, 0.2) is 0 Å². The summed E-state index contributed by atoms with van der Waals surface area (Å²) in [6.45, 7) is 0.850. The quantitative estimate of drug-likeness (QED) is 0.724. The van der Waals surface area contributed by atoms with Gasteiger partial charge in [-0.15, -0.1) is 0 Å². The minimum absolute atomic E-state index is 0.0499. The van der Waals surface area contributed by atoms with Crippen LogP contribution in [0.15, 0.2) is 18.2 Å². The molecule has 0 aromatic heterocycles. The number of unbranched alkanes of at least 4 members (excludes halogenated alkanes) is 1. The summed E-state index contributed by atoms with van der Waals surface area (Å²) >= 11 is 5.61. The number of hydrogen-bond donors (Lipinski definition) is 2. The first kappa shape index (κ1) is 15.5. The predicted octanol–water partition coefficient (Wildman–Crippen LogP) is 2.75. The van der Waals surface area contributed by atoms with E-state index in [1.807, 2.05) is 0 Å². The molecule has 1 aromatic rings. The Bertz CT molecular complexity index is 561. The third-order valence-electron chi connectivity index (χ3n) is 3.04. The van der Waals surface area contributed by atoms with Crippen LogP contribution in [0, 0.1) is 5.82 Å². The van der Waals surface area contributed by atoms with Gasteiger partial charge >= 0.3 is 0 Å². The molecule has 0 radical (unpaired) electrons. The first-order valence-corrected chi connectivity index (χ1v) is 8.68. The molecule has 0 unspecified atom stereocenters. The highest BCUT2D eigenvalue weighted by Crippen LogP contribution is 2.20. The van der Waals surface area contributed by atoms with E-state index in [0.29, 0.717) is 12.5 Å². The second-order valence-corrected chi connectivity index (χ2v) is 7.23. The summed E-state index contributed by atoms with van der Waals surface area (Å²) in [7, 11) is -3.41. The molecule has 0 aliphatic heterocycles. The lowest BCUT2D eigenvalue weighted by Gasteiger charge is -2.08.